The fourth-order valence-corrected chi connectivity index (χ4v) is 3.73. The maximum Gasteiger partial charge on any atom is 0.0616 e. The topological polar surface area (TPSA) is 35.5 Å². The van der Waals surface area contributed by atoms with Crippen LogP contribution >= 0.6 is 0 Å². The van der Waals surface area contributed by atoms with E-state index in [2.05, 4.69) is 24.1 Å². The van der Waals surface area contributed by atoms with Crippen LogP contribution in [0.1, 0.15) is 58.8 Å². The standard InChI is InChI=1S/C16H32N2O/c1-3-11-18(4-2)12-9-14-6-5-10-16(14,13-19)17-15-7-8-15/h14-15,17,19H,3-13H2,1-2H3. The van der Waals surface area contributed by atoms with Crippen molar-refractivity contribution >= 4 is 0 Å². The fourth-order valence-electron chi connectivity index (χ4n) is 3.73. The minimum Gasteiger partial charge on any atom is -0.394 e. The molecule has 2 fully saturated rings. The zero-order valence-corrected chi connectivity index (χ0v) is 12.8. The Bertz CT molecular complexity index is 267. The highest BCUT2D eigenvalue weighted by Crippen LogP contribution is 2.40. The lowest BCUT2D eigenvalue weighted by molar-refractivity contribution is 0.109. The first-order chi connectivity index (χ1) is 9.24. The number of rotatable bonds is 9. The van der Waals surface area contributed by atoms with Crippen molar-refractivity contribution in [1.29, 1.82) is 0 Å². The summed E-state index contributed by atoms with van der Waals surface area (Å²) in [5, 5.41) is 13.7. The molecule has 2 unspecified atom stereocenters. The molecule has 3 heteroatoms. The highest BCUT2D eigenvalue weighted by Gasteiger charge is 2.44. The lowest BCUT2D eigenvalue weighted by Gasteiger charge is -2.36. The van der Waals surface area contributed by atoms with E-state index >= 15 is 0 Å². The molecule has 3 nitrogen and oxygen atoms in total. The summed E-state index contributed by atoms with van der Waals surface area (Å²) < 4.78 is 0. The number of aliphatic hydroxyl groups excluding tert-OH is 1. The van der Waals surface area contributed by atoms with Gasteiger partial charge in [-0.25, -0.2) is 0 Å². The van der Waals surface area contributed by atoms with Crippen molar-refractivity contribution in [2.75, 3.05) is 26.2 Å². The molecular formula is C16H32N2O. The van der Waals surface area contributed by atoms with Gasteiger partial charge in [0.25, 0.3) is 0 Å². The summed E-state index contributed by atoms with van der Waals surface area (Å²) in [4.78, 5) is 2.55. The Kier molecular flexibility index (Phi) is 5.67. The van der Waals surface area contributed by atoms with Crippen LogP contribution in [0.3, 0.4) is 0 Å². The minimum atomic E-state index is 0.0484. The van der Waals surface area contributed by atoms with E-state index in [1.165, 1.54) is 58.0 Å². The van der Waals surface area contributed by atoms with Crippen LogP contribution in [0.2, 0.25) is 0 Å². The summed E-state index contributed by atoms with van der Waals surface area (Å²) in [6, 6.07) is 0.700. The summed E-state index contributed by atoms with van der Waals surface area (Å²) in [7, 11) is 0. The molecule has 0 saturated heterocycles. The molecule has 19 heavy (non-hydrogen) atoms. The Morgan fingerprint density at radius 2 is 2.00 bits per heavy atom. The second-order valence-corrected chi connectivity index (χ2v) is 6.54. The van der Waals surface area contributed by atoms with Crippen LogP contribution in [0.5, 0.6) is 0 Å². The van der Waals surface area contributed by atoms with Crippen molar-refractivity contribution in [3.05, 3.63) is 0 Å². The molecular weight excluding hydrogens is 236 g/mol. The Balaban J connectivity index is 1.85. The largest absolute Gasteiger partial charge is 0.394 e. The molecule has 2 saturated carbocycles. The van der Waals surface area contributed by atoms with E-state index in [0.717, 1.165) is 6.54 Å². The number of aliphatic hydroxyl groups is 1. The van der Waals surface area contributed by atoms with E-state index in [9.17, 15) is 5.11 Å². The molecule has 2 aliphatic carbocycles. The zero-order valence-electron chi connectivity index (χ0n) is 12.8. The molecule has 0 spiro atoms. The molecule has 0 bridgehead atoms. The molecule has 0 amide bonds. The van der Waals surface area contributed by atoms with Gasteiger partial charge in [-0.15, -0.1) is 0 Å². The van der Waals surface area contributed by atoms with Crippen molar-refractivity contribution < 1.29 is 5.11 Å². The molecule has 2 rings (SSSR count). The monoisotopic (exact) mass is 268 g/mol. The molecule has 2 atom stereocenters. The van der Waals surface area contributed by atoms with Crippen molar-refractivity contribution in [3.63, 3.8) is 0 Å². The number of hydrogen-bond acceptors (Lipinski definition) is 3. The summed E-state index contributed by atoms with van der Waals surface area (Å²) >= 11 is 0. The van der Waals surface area contributed by atoms with Gasteiger partial charge in [0.05, 0.1) is 6.61 Å². The highest BCUT2D eigenvalue weighted by atomic mass is 16.3. The lowest BCUT2D eigenvalue weighted by atomic mass is 9.85. The van der Waals surface area contributed by atoms with E-state index < -0.39 is 0 Å². The van der Waals surface area contributed by atoms with Crippen LogP contribution in [0.15, 0.2) is 0 Å². The smallest absolute Gasteiger partial charge is 0.0616 e. The second kappa shape index (κ2) is 7.05. The first-order valence-corrected chi connectivity index (χ1v) is 8.35. The van der Waals surface area contributed by atoms with Crippen LogP contribution in [-0.2, 0) is 0 Å². The molecule has 0 aromatic rings. The molecule has 0 aliphatic heterocycles. The fraction of sp³-hybridized carbons (Fsp3) is 1.00. The minimum absolute atomic E-state index is 0.0484. The van der Waals surface area contributed by atoms with Gasteiger partial charge in [-0.2, -0.15) is 0 Å². The number of nitrogens with zero attached hydrogens (tertiary/aromatic N) is 1. The summed E-state index contributed by atoms with van der Waals surface area (Å²) in [5.41, 5.74) is 0.0484. The van der Waals surface area contributed by atoms with Crippen LogP contribution in [0, 0.1) is 5.92 Å². The third-order valence-corrected chi connectivity index (χ3v) is 5.09. The van der Waals surface area contributed by atoms with E-state index in [0.29, 0.717) is 18.6 Å². The van der Waals surface area contributed by atoms with Crippen LogP contribution in [-0.4, -0.2) is 47.8 Å². The first kappa shape index (κ1) is 15.3. The predicted molar refractivity (Wildman–Crippen MR) is 80.3 cm³/mol. The quantitative estimate of drug-likeness (QED) is 0.674. The molecule has 0 aromatic heterocycles. The van der Waals surface area contributed by atoms with Crippen molar-refractivity contribution in [1.82, 2.24) is 10.2 Å². The molecule has 112 valence electrons. The normalized spacial score (nSPS) is 31.3. The molecule has 2 N–H and O–H groups in total. The first-order valence-electron chi connectivity index (χ1n) is 8.35. The number of hydrogen-bond donors (Lipinski definition) is 2. The highest BCUT2D eigenvalue weighted by molar-refractivity contribution is 5.03. The summed E-state index contributed by atoms with van der Waals surface area (Å²) in [5.74, 6) is 0.670. The molecule has 0 radical (unpaired) electrons. The van der Waals surface area contributed by atoms with Gasteiger partial charge in [0.1, 0.15) is 0 Å². The Hall–Kier alpha value is -0.120. The molecule has 0 aromatic carbocycles. The summed E-state index contributed by atoms with van der Waals surface area (Å²) in [6.07, 6.45) is 8.86. The van der Waals surface area contributed by atoms with Gasteiger partial charge >= 0.3 is 0 Å². The maximum atomic E-state index is 9.91. The Labute approximate surface area is 118 Å². The van der Waals surface area contributed by atoms with Gasteiger partial charge in [0, 0.05) is 11.6 Å². The van der Waals surface area contributed by atoms with Gasteiger partial charge in [0.15, 0.2) is 0 Å². The van der Waals surface area contributed by atoms with E-state index in [1.54, 1.807) is 0 Å². The van der Waals surface area contributed by atoms with Gasteiger partial charge in [-0.05, 0) is 64.1 Å². The molecule has 0 heterocycles. The average Bonchev–Trinajstić information content (AvgIpc) is 3.14. The van der Waals surface area contributed by atoms with Crippen molar-refractivity contribution in [2.24, 2.45) is 5.92 Å². The van der Waals surface area contributed by atoms with Gasteiger partial charge in [-0.3, -0.25) is 0 Å². The van der Waals surface area contributed by atoms with E-state index in [1.807, 2.05) is 0 Å². The van der Waals surface area contributed by atoms with E-state index in [-0.39, 0.29) is 5.54 Å². The Morgan fingerprint density at radius 1 is 1.21 bits per heavy atom. The second-order valence-electron chi connectivity index (χ2n) is 6.54. The maximum absolute atomic E-state index is 9.91. The Morgan fingerprint density at radius 3 is 2.58 bits per heavy atom. The number of nitrogens with one attached hydrogen (secondary N) is 1. The zero-order chi connectivity index (χ0) is 13.7. The summed E-state index contributed by atoms with van der Waals surface area (Å²) in [6.45, 7) is 8.41. The van der Waals surface area contributed by atoms with Crippen LogP contribution < -0.4 is 5.32 Å². The SMILES string of the molecule is CCCN(CC)CCC1CCCC1(CO)NC1CC1. The van der Waals surface area contributed by atoms with E-state index in [4.69, 9.17) is 0 Å². The third-order valence-electron chi connectivity index (χ3n) is 5.09. The van der Waals surface area contributed by atoms with Gasteiger partial charge in [0.2, 0.25) is 0 Å². The molecule has 2 aliphatic rings. The predicted octanol–water partition coefficient (Wildman–Crippen LogP) is 2.39. The average molecular weight is 268 g/mol. The van der Waals surface area contributed by atoms with Crippen LogP contribution in [0.4, 0.5) is 0 Å². The van der Waals surface area contributed by atoms with Crippen molar-refractivity contribution in [3.8, 4) is 0 Å². The van der Waals surface area contributed by atoms with Crippen molar-refractivity contribution in [2.45, 2.75) is 70.4 Å². The lowest BCUT2D eigenvalue weighted by Crippen LogP contribution is -2.53. The third kappa shape index (κ3) is 3.93. The van der Waals surface area contributed by atoms with Gasteiger partial charge in [-0.1, -0.05) is 20.3 Å². The van der Waals surface area contributed by atoms with Crippen LogP contribution in [0.25, 0.3) is 0 Å². The van der Waals surface area contributed by atoms with Gasteiger partial charge < -0.3 is 15.3 Å².